The number of nitrogens with one attached hydrogen (secondary N) is 1. The fourth-order valence-corrected chi connectivity index (χ4v) is 12.2. The van der Waals surface area contributed by atoms with Crippen LogP contribution in [0.25, 0.3) is 54.1 Å². The monoisotopic (exact) mass is 613 g/mol. The first-order valence-corrected chi connectivity index (χ1v) is 18.5. The van der Waals surface area contributed by atoms with Crippen LogP contribution in [-0.2, 0) is 0 Å². The third-order valence-corrected chi connectivity index (χ3v) is 14.0. The van der Waals surface area contributed by atoms with Gasteiger partial charge in [-0.05, 0) is 121 Å². The summed E-state index contributed by atoms with van der Waals surface area (Å²) in [6, 6.07) is 18.6. The van der Waals surface area contributed by atoms with E-state index in [4.69, 9.17) is 9.97 Å². The van der Waals surface area contributed by atoms with Gasteiger partial charge in [0, 0.05) is 55.2 Å². The standard InChI is InChI=1S/C42H35N3S/c1-2-4-28-27(3-1)29-17-31-37-21-5-7-22(8-6-21)38(37)32(44-31)18-33-39-23-9-11-24(12-10-23)40(39)34(45-33)20-36-42-26-15-13-25(14-16-26)41(42)35(46-36)19-30(28)43-29/h1-5,7,13,15,17-26,45H,6,8-12,14,16H2/t21-,22+,23?,24?,25+,26-/m1/s1. The molecular weight excluding hydrogens is 579 g/mol. The van der Waals surface area contributed by atoms with Gasteiger partial charge in [0.05, 0.1) is 22.8 Å². The van der Waals surface area contributed by atoms with Crippen LogP contribution in [0.5, 0.6) is 0 Å². The van der Waals surface area contributed by atoms with Crippen molar-refractivity contribution in [2.75, 3.05) is 0 Å². The van der Waals surface area contributed by atoms with E-state index in [1.54, 1.807) is 22.3 Å². The van der Waals surface area contributed by atoms with Crippen molar-refractivity contribution in [3.63, 3.8) is 0 Å². The predicted molar refractivity (Wildman–Crippen MR) is 189 cm³/mol. The molecule has 224 valence electrons. The normalized spacial score (nSPS) is 28.8. The molecule has 1 N–H and O–H groups in total. The van der Waals surface area contributed by atoms with E-state index >= 15 is 0 Å². The van der Waals surface area contributed by atoms with Gasteiger partial charge in [0.2, 0.25) is 0 Å². The first kappa shape index (κ1) is 25.1. The van der Waals surface area contributed by atoms with E-state index < -0.39 is 0 Å². The molecule has 3 nitrogen and oxygen atoms in total. The van der Waals surface area contributed by atoms with Gasteiger partial charge >= 0.3 is 0 Å². The van der Waals surface area contributed by atoms with Crippen molar-refractivity contribution >= 4 is 42.9 Å². The molecule has 0 spiro atoms. The molecular formula is C42H35N3S. The molecule has 15 rings (SSSR count). The van der Waals surface area contributed by atoms with Crippen LogP contribution in [0.4, 0.5) is 0 Å². The summed E-state index contributed by atoms with van der Waals surface area (Å²) >= 11 is 2.01. The van der Waals surface area contributed by atoms with Gasteiger partial charge in [-0.15, -0.1) is 11.3 Å². The maximum absolute atomic E-state index is 5.51. The lowest BCUT2D eigenvalue weighted by Crippen LogP contribution is -2.20. The maximum atomic E-state index is 5.51. The lowest BCUT2D eigenvalue weighted by molar-refractivity contribution is 0.364. The largest absolute Gasteiger partial charge is 0.355 e. The molecule has 2 aliphatic heterocycles. The van der Waals surface area contributed by atoms with Crippen LogP contribution >= 0.6 is 11.3 Å². The van der Waals surface area contributed by atoms with Crippen LogP contribution in [-0.4, -0.2) is 15.0 Å². The highest BCUT2D eigenvalue weighted by atomic mass is 32.1. The zero-order valence-electron chi connectivity index (χ0n) is 25.9. The second-order valence-corrected chi connectivity index (χ2v) is 16.1. The molecule has 11 aliphatic rings. The van der Waals surface area contributed by atoms with Crippen LogP contribution in [0.2, 0.25) is 0 Å². The van der Waals surface area contributed by atoms with Crippen molar-refractivity contribution in [3.8, 4) is 22.5 Å². The fraction of sp³-hybridized carbons (Fsp3) is 0.333. The Balaban J connectivity index is 1.25. The average molecular weight is 614 g/mol. The number of hydrogen-bond acceptors (Lipinski definition) is 3. The molecule has 4 heteroatoms. The van der Waals surface area contributed by atoms with Crippen molar-refractivity contribution in [2.24, 2.45) is 11.8 Å². The smallest absolute Gasteiger partial charge is 0.0737 e. The van der Waals surface area contributed by atoms with E-state index in [0.29, 0.717) is 35.5 Å². The van der Waals surface area contributed by atoms with Gasteiger partial charge in [0.1, 0.15) is 0 Å². The van der Waals surface area contributed by atoms with Gasteiger partial charge in [-0.2, -0.15) is 0 Å². The van der Waals surface area contributed by atoms with Crippen molar-refractivity contribution in [2.45, 2.75) is 75.0 Å². The lowest BCUT2D eigenvalue weighted by atomic mass is 9.67. The first-order valence-electron chi connectivity index (χ1n) is 17.7. The van der Waals surface area contributed by atoms with Crippen molar-refractivity contribution in [1.82, 2.24) is 15.0 Å². The molecule has 0 amide bonds. The Kier molecular flexibility index (Phi) is 4.84. The summed E-state index contributed by atoms with van der Waals surface area (Å²) in [5.74, 6) is 3.29. The molecule has 0 radical (unpaired) electrons. The van der Waals surface area contributed by atoms with Crippen molar-refractivity contribution in [3.05, 3.63) is 106 Å². The van der Waals surface area contributed by atoms with E-state index in [1.807, 2.05) is 11.3 Å². The van der Waals surface area contributed by atoms with Gasteiger partial charge in [-0.1, -0.05) is 48.6 Å². The second kappa shape index (κ2) is 8.86. The van der Waals surface area contributed by atoms with Gasteiger partial charge < -0.3 is 4.98 Å². The Morgan fingerprint density at radius 2 is 1.00 bits per heavy atom. The van der Waals surface area contributed by atoms with Crippen LogP contribution in [0.3, 0.4) is 0 Å². The molecule has 0 saturated heterocycles. The molecule has 4 atom stereocenters. The minimum Gasteiger partial charge on any atom is -0.355 e. The maximum Gasteiger partial charge on any atom is 0.0737 e. The minimum atomic E-state index is 0.451. The SMILES string of the molecule is C1=C[C@H]2CC[C@@H]1C1=C2c2cc3[nH]c(cc4sc(cc5nc(cc1n2)-c1ccccc1-5)c1c4[C@@H]2C=C[C@H]1CC2)c1c3C2CCC1CC2. The summed E-state index contributed by atoms with van der Waals surface area (Å²) in [5, 5.41) is 0. The number of nitrogens with zero attached hydrogens (tertiary/aromatic N) is 2. The molecule has 9 aliphatic carbocycles. The van der Waals surface area contributed by atoms with E-state index in [1.165, 1.54) is 99.8 Å². The molecule has 1 saturated carbocycles. The number of H-pyrrole nitrogens is 1. The summed E-state index contributed by atoms with van der Waals surface area (Å²) in [6.07, 6.45) is 20.2. The number of benzene rings is 1. The van der Waals surface area contributed by atoms with E-state index in [0.717, 1.165) is 17.1 Å². The molecule has 1 aromatic carbocycles. The zero-order chi connectivity index (χ0) is 29.7. The topological polar surface area (TPSA) is 41.6 Å². The number of allylic oxidation sites excluding steroid dienone is 6. The van der Waals surface area contributed by atoms with Crippen LogP contribution in [0, 0.1) is 11.8 Å². The van der Waals surface area contributed by atoms with Gasteiger partial charge in [0.15, 0.2) is 0 Å². The minimum absolute atomic E-state index is 0.451. The summed E-state index contributed by atoms with van der Waals surface area (Å²) < 4.78 is 2.87. The third kappa shape index (κ3) is 3.24. The number of fused-ring (bicyclic) bond motifs is 15. The highest BCUT2D eigenvalue weighted by Gasteiger charge is 2.39. The molecule has 4 aromatic rings. The first-order chi connectivity index (χ1) is 22.7. The van der Waals surface area contributed by atoms with Crippen LogP contribution < -0.4 is 0 Å². The highest BCUT2D eigenvalue weighted by molar-refractivity contribution is 7.24. The molecule has 3 aromatic heterocycles. The Bertz CT molecular complexity index is 2320. The van der Waals surface area contributed by atoms with Crippen molar-refractivity contribution in [1.29, 1.82) is 0 Å². The summed E-state index contributed by atoms with van der Waals surface area (Å²) in [5.41, 5.74) is 19.0. The van der Waals surface area contributed by atoms with Gasteiger partial charge in [-0.3, -0.25) is 0 Å². The molecule has 14 bridgehead atoms. The Hall–Kier alpha value is -4.02. The number of rotatable bonds is 0. The molecule has 0 unspecified atom stereocenters. The van der Waals surface area contributed by atoms with E-state index in [9.17, 15) is 0 Å². The highest BCUT2D eigenvalue weighted by Crippen LogP contribution is 2.56. The predicted octanol–water partition coefficient (Wildman–Crippen LogP) is 11.2. The molecule has 5 heterocycles. The molecule has 1 fully saturated rings. The summed E-state index contributed by atoms with van der Waals surface area (Å²) in [7, 11) is 0. The number of thiophene rings is 1. The average Bonchev–Trinajstić information content (AvgIpc) is 3.87. The molecule has 46 heavy (non-hydrogen) atoms. The van der Waals surface area contributed by atoms with E-state index in [-0.39, 0.29) is 0 Å². The summed E-state index contributed by atoms with van der Waals surface area (Å²) in [4.78, 5) is 15.0. The Labute approximate surface area is 272 Å². The van der Waals surface area contributed by atoms with Crippen LogP contribution in [0.15, 0.2) is 72.8 Å². The van der Waals surface area contributed by atoms with Gasteiger partial charge in [-0.25, -0.2) is 9.97 Å². The van der Waals surface area contributed by atoms with Gasteiger partial charge in [0.25, 0.3) is 0 Å². The lowest BCUT2D eigenvalue weighted by Gasteiger charge is -2.36. The number of aromatic amines is 1. The quantitative estimate of drug-likeness (QED) is 0.177. The zero-order valence-corrected chi connectivity index (χ0v) is 26.7. The number of aromatic nitrogens is 3. The Morgan fingerprint density at radius 1 is 0.500 bits per heavy atom. The van der Waals surface area contributed by atoms with Crippen LogP contribution in [0.1, 0.15) is 109 Å². The Morgan fingerprint density at radius 3 is 1.61 bits per heavy atom. The number of hydrogen-bond donors (Lipinski definition) is 1. The second-order valence-electron chi connectivity index (χ2n) is 15.1. The summed E-state index contributed by atoms with van der Waals surface area (Å²) in [6.45, 7) is 0. The van der Waals surface area contributed by atoms with E-state index in [2.05, 4.69) is 77.8 Å². The fourth-order valence-electron chi connectivity index (χ4n) is 10.9. The van der Waals surface area contributed by atoms with Crippen molar-refractivity contribution < 1.29 is 0 Å². The third-order valence-electron chi connectivity index (χ3n) is 12.8.